The van der Waals surface area contributed by atoms with E-state index in [1.54, 1.807) is 22.7 Å². The molecule has 20 heavy (non-hydrogen) atoms. The molecule has 4 nitrogen and oxygen atoms in total. The quantitative estimate of drug-likeness (QED) is 0.742. The van der Waals surface area contributed by atoms with Gasteiger partial charge in [-0.25, -0.2) is 4.98 Å². The fourth-order valence-corrected chi connectivity index (χ4v) is 3.67. The van der Waals surface area contributed by atoms with Gasteiger partial charge in [0.25, 0.3) is 5.91 Å². The Bertz CT molecular complexity index is 711. The summed E-state index contributed by atoms with van der Waals surface area (Å²) >= 11 is 3.22. The SMILES string of the molecule is O=C(c1cn2ccsc2n1)N(Cc1ccsc1)C1CC1. The van der Waals surface area contributed by atoms with Crippen LogP contribution in [-0.2, 0) is 6.54 Å². The van der Waals surface area contributed by atoms with Crippen molar-refractivity contribution in [2.75, 3.05) is 0 Å². The lowest BCUT2D eigenvalue weighted by atomic mass is 10.3. The number of rotatable bonds is 4. The highest BCUT2D eigenvalue weighted by Gasteiger charge is 2.34. The second-order valence-corrected chi connectivity index (χ2v) is 6.67. The molecular weight excluding hydrogens is 290 g/mol. The zero-order chi connectivity index (χ0) is 13.5. The topological polar surface area (TPSA) is 37.6 Å². The van der Waals surface area contributed by atoms with Crippen LogP contribution in [0.1, 0.15) is 28.9 Å². The largest absolute Gasteiger partial charge is 0.330 e. The summed E-state index contributed by atoms with van der Waals surface area (Å²) in [6.07, 6.45) is 5.98. The van der Waals surface area contributed by atoms with Gasteiger partial charge in [0, 0.05) is 30.4 Å². The molecule has 6 heteroatoms. The molecule has 0 atom stereocenters. The van der Waals surface area contributed by atoms with Crippen LogP contribution in [0.15, 0.2) is 34.6 Å². The molecule has 0 aromatic carbocycles. The maximum absolute atomic E-state index is 12.7. The average molecular weight is 303 g/mol. The monoisotopic (exact) mass is 303 g/mol. The molecule has 0 radical (unpaired) electrons. The number of fused-ring (bicyclic) bond motifs is 1. The number of thiazole rings is 1. The Kier molecular flexibility index (Phi) is 2.85. The molecule has 4 rings (SSSR count). The molecule has 3 aromatic rings. The van der Waals surface area contributed by atoms with Crippen molar-refractivity contribution in [3.8, 4) is 0 Å². The number of carbonyl (C=O) groups is 1. The van der Waals surface area contributed by atoms with Crippen LogP contribution in [-0.4, -0.2) is 26.2 Å². The fraction of sp³-hybridized carbons (Fsp3) is 0.286. The zero-order valence-electron chi connectivity index (χ0n) is 10.7. The Morgan fingerprint density at radius 3 is 3.05 bits per heavy atom. The Hall–Kier alpha value is -1.66. The highest BCUT2D eigenvalue weighted by Crippen LogP contribution is 2.30. The molecule has 3 aromatic heterocycles. The summed E-state index contributed by atoms with van der Waals surface area (Å²) in [5.41, 5.74) is 1.76. The predicted octanol–water partition coefficient (Wildman–Crippen LogP) is 3.26. The number of carbonyl (C=O) groups excluding carboxylic acids is 1. The maximum Gasteiger partial charge on any atom is 0.274 e. The van der Waals surface area contributed by atoms with Gasteiger partial charge in [-0.1, -0.05) is 0 Å². The molecule has 0 N–H and O–H groups in total. The molecule has 1 fully saturated rings. The predicted molar refractivity (Wildman–Crippen MR) is 80.3 cm³/mol. The Balaban J connectivity index is 1.62. The van der Waals surface area contributed by atoms with Crippen LogP contribution in [0, 0.1) is 0 Å². The van der Waals surface area contributed by atoms with Crippen LogP contribution in [0.2, 0.25) is 0 Å². The first-order chi connectivity index (χ1) is 9.81. The van der Waals surface area contributed by atoms with Gasteiger partial charge >= 0.3 is 0 Å². The number of amides is 1. The first-order valence-corrected chi connectivity index (χ1v) is 8.38. The van der Waals surface area contributed by atoms with Gasteiger partial charge < -0.3 is 4.90 Å². The van der Waals surface area contributed by atoms with Crippen LogP contribution in [0.4, 0.5) is 0 Å². The first kappa shape index (κ1) is 12.1. The van der Waals surface area contributed by atoms with E-state index in [1.165, 1.54) is 5.56 Å². The van der Waals surface area contributed by atoms with Crippen LogP contribution in [0.5, 0.6) is 0 Å². The van der Waals surface area contributed by atoms with E-state index >= 15 is 0 Å². The lowest BCUT2D eigenvalue weighted by Gasteiger charge is -2.20. The van der Waals surface area contributed by atoms with Crippen molar-refractivity contribution in [3.63, 3.8) is 0 Å². The normalized spacial score (nSPS) is 14.8. The summed E-state index contributed by atoms with van der Waals surface area (Å²) < 4.78 is 1.91. The molecule has 0 aliphatic heterocycles. The van der Waals surface area contributed by atoms with E-state index in [0.29, 0.717) is 18.3 Å². The minimum atomic E-state index is 0.0506. The van der Waals surface area contributed by atoms with Crippen LogP contribution < -0.4 is 0 Å². The lowest BCUT2D eigenvalue weighted by molar-refractivity contribution is 0.0725. The van der Waals surface area contributed by atoms with E-state index in [9.17, 15) is 4.79 Å². The van der Waals surface area contributed by atoms with Gasteiger partial charge in [-0.15, -0.1) is 11.3 Å². The summed E-state index contributed by atoms with van der Waals surface area (Å²) in [6, 6.07) is 2.47. The summed E-state index contributed by atoms with van der Waals surface area (Å²) in [6.45, 7) is 0.693. The van der Waals surface area contributed by atoms with E-state index in [1.807, 2.05) is 27.1 Å². The number of nitrogens with zero attached hydrogens (tertiary/aromatic N) is 3. The smallest absolute Gasteiger partial charge is 0.274 e. The highest BCUT2D eigenvalue weighted by molar-refractivity contribution is 7.15. The molecule has 1 amide bonds. The van der Waals surface area contributed by atoms with E-state index < -0.39 is 0 Å². The third-order valence-electron chi connectivity index (χ3n) is 3.49. The van der Waals surface area contributed by atoms with E-state index in [4.69, 9.17) is 0 Å². The van der Waals surface area contributed by atoms with Gasteiger partial charge in [-0.3, -0.25) is 9.20 Å². The number of hydrogen-bond donors (Lipinski definition) is 0. The minimum absolute atomic E-state index is 0.0506. The third kappa shape index (κ3) is 2.14. The van der Waals surface area contributed by atoms with Crippen molar-refractivity contribution < 1.29 is 4.79 Å². The number of aromatic nitrogens is 2. The highest BCUT2D eigenvalue weighted by atomic mass is 32.1. The summed E-state index contributed by atoms with van der Waals surface area (Å²) in [5, 5.41) is 6.13. The molecule has 1 aliphatic rings. The number of imidazole rings is 1. The van der Waals surface area contributed by atoms with Gasteiger partial charge in [-0.2, -0.15) is 11.3 Å². The molecule has 1 aliphatic carbocycles. The molecular formula is C14H13N3OS2. The van der Waals surface area contributed by atoms with E-state index in [0.717, 1.165) is 17.8 Å². The fourth-order valence-electron chi connectivity index (χ4n) is 2.31. The summed E-state index contributed by atoms with van der Waals surface area (Å²) in [4.78, 5) is 19.9. The molecule has 3 heterocycles. The van der Waals surface area contributed by atoms with E-state index in [-0.39, 0.29) is 5.91 Å². The van der Waals surface area contributed by atoms with E-state index in [2.05, 4.69) is 21.8 Å². The van der Waals surface area contributed by atoms with Crippen LogP contribution in [0.25, 0.3) is 4.96 Å². The molecule has 0 saturated heterocycles. The Labute approximate surface area is 124 Å². The lowest BCUT2D eigenvalue weighted by Crippen LogP contribution is -2.32. The molecule has 1 saturated carbocycles. The van der Waals surface area contributed by atoms with Crippen molar-refractivity contribution in [2.45, 2.75) is 25.4 Å². The Morgan fingerprint density at radius 2 is 2.35 bits per heavy atom. The van der Waals surface area contributed by atoms with Gasteiger partial charge in [-0.05, 0) is 35.2 Å². The van der Waals surface area contributed by atoms with Gasteiger partial charge in [0.05, 0.1) is 0 Å². The van der Waals surface area contributed by atoms with Gasteiger partial charge in [0.2, 0.25) is 0 Å². The number of thiophene rings is 1. The zero-order valence-corrected chi connectivity index (χ0v) is 12.4. The van der Waals surface area contributed by atoms with Crippen LogP contribution in [0.3, 0.4) is 0 Å². The van der Waals surface area contributed by atoms with Crippen molar-refractivity contribution >= 4 is 33.5 Å². The third-order valence-corrected chi connectivity index (χ3v) is 5.00. The van der Waals surface area contributed by atoms with Crippen molar-refractivity contribution in [3.05, 3.63) is 45.9 Å². The summed E-state index contributed by atoms with van der Waals surface area (Å²) in [5.74, 6) is 0.0506. The molecule has 102 valence electrons. The minimum Gasteiger partial charge on any atom is -0.330 e. The molecule has 0 bridgehead atoms. The molecule has 0 spiro atoms. The average Bonchev–Trinajstić information content (AvgIpc) is 2.87. The van der Waals surface area contributed by atoms with Crippen LogP contribution >= 0.6 is 22.7 Å². The first-order valence-electron chi connectivity index (χ1n) is 6.55. The standard InChI is InChI=1S/C14H13N3OS2/c18-13(12-8-16-4-6-20-14(16)15-12)17(11-1-2-11)7-10-3-5-19-9-10/h3-6,8-9,11H,1-2,7H2. The van der Waals surface area contributed by atoms with Gasteiger partial charge in [0.1, 0.15) is 5.69 Å². The van der Waals surface area contributed by atoms with Crippen molar-refractivity contribution in [1.29, 1.82) is 0 Å². The second-order valence-electron chi connectivity index (χ2n) is 5.01. The van der Waals surface area contributed by atoms with Gasteiger partial charge in [0.15, 0.2) is 4.96 Å². The summed E-state index contributed by atoms with van der Waals surface area (Å²) in [7, 11) is 0. The second kappa shape index (κ2) is 4.71. The van der Waals surface area contributed by atoms with Crippen molar-refractivity contribution in [2.24, 2.45) is 0 Å². The maximum atomic E-state index is 12.7. The number of hydrogen-bond acceptors (Lipinski definition) is 4. The molecule has 0 unspecified atom stereocenters. The van der Waals surface area contributed by atoms with Crippen molar-refractivity contribution in [1.82, 2.24) is 14.3 Å². The Morgan fingerprint density at radius 1 is 1.45 bits per heavy atom.